The van der Waals surface area contributed by atoms with E-state index in [1.807, 2.05) is 42.5 Å². The Labute approximate surface area is 137 Å². The fourth-order valence-electron chi connectivity index (χ4n) is 2.52. The quantitative estimate of drug-likeness (QED) is 0.589. The Morgan fingerprint density at radius 2 is 1.67 bits per heavy atom. The number of hydrogen-bond acceptors (Lipinski definition) is 4. The molecule has 0 fully saturated rings. The summed E-state index contributed by atoms with van der Waals surface area (Å²) >= 11 is 0. The molecule has 0 aliphatic heterocycles. The van der Waals surface area contributed by atoms with Crippen molar-refractivity contribution >= 4 is 39.3 Å². The number of carbonyl (C=O) groups excluding carboxylic acids is 1. The van der Waals surface area contributed by atoms with Gasteiger partial charge in [0, 0.05) is 17.8 Å². The number of rotatable bonds is 2. The Morgan fingerprint density at radius 1 is 0.833 bits per heavy atom. The molecule has 6 heteroatoms. The molecule has 4 rings (SSSR count). The number of amides is 2. The number of nitrogens with zero attached hydrogens (tertiary/aromatic N) is 3. The summed E-state index contributed by atoms with van der Waals surface area (Å²) in [6.07, 6.45) is 4.84. The molecule has 6 nitrogen and oxygen atoms in total. The van der Waals surface area contributed by atoms with Crippen molar-refractivity contribution in [1.29, 1.82) is 0 Å². The van der Waals surface area contributed by atoms with Crippen LogP contribution in [0, 0.1) is 0 Å². The van der Waals surface area contributed by atoms with Crippen molar-refractivity contribution in [2.75, 3.05) is 10.6 Å². The molecule has 0 bridgehead atoms. The molecule has 0 saturated carbocycles. The molecule has 0 aliphatic carbocycles. The zero-order valence-corrected chi connectivity index (χ0v) is 12.6. The van der Waals surface area contributed by atoms with Crippen LogP contribution in [0.2, 0.25) is 0 Å². The number of fused-ring (bicyclic) bond motifs is 2. The van der Waals surface area contributed by atoms with Crippen LogP contribution in [0.25, 0.3) is 21.9 Å². The van der Waals surface area contributed by atoms with Gasteiger partial charge in [-0.05, 0) is 24.3 Å². The van der Waals surface area contributed by atoms with E-state index in [0.717, 1.165) is 16.4 Å². The Balaban J connectivity index is 1.57. The summed E-state index contributed by atoms with van der Waals surface area (Å²) in [5.74, 6) is 0. The average Bonchev–Trinajstić information content (AvgIpc) is 2.62. The normalized spacial score (nSPS) is 10.7. The van der Waals surface area contributed by atoms with E-state index in [1.54, 1.807) is 24.7 Å². The van der Waals surface area contributed by atoms with Gasteiger partial charge in [-0.3, -0.25) is 15.0 Å². The second-order valence-corrected chi connectivity index (χ2v) is 5.23. The van der Waals surface area contributed by atoms with Crippen LogP contribution in [0.1, 0.15) is 0 Å². The maximum Gasteiger partial charge on any atom is 0.323 e. The highest BCUT2D eigenvalue weighted by molar-refractivity contribution is 6.04. The lowest BCUT2D eigenvalue weighted by atomic mass is 10.2. The maximum atomic E-state index is 12.3. The van der Waals surface area contributed by atoms with E-state index in [1.165, 1.54) is 0 Å². The Kier molecular flexibility index (Phi) is 3.47. The molecule has 0 saturated heterocycles. The molecule has 116 valence electrons. The van der Waals surface area contributed by atoms with Crippen molar-refractivity contribution in [1.82, 2.24) is 15.0 Å². The molecule has 24 heavy (non-hydrogen) atoms. The van der Waals surface area contributed by atoms with Crippen LogP contribution in [0.4, 0.5) is 16.2 Å². The van der Waals surface area contributed by atoms with E-state index in [-0.39, 0.29) is 6.03 Å². The summed E-state index contributed by atoms with van der Waals surface area (Å²) in [6.45, 7) is 0. The van der Waals surface area contributed by atoms with Crippen LogP contribution in [-0.4, -0.2) is 21.0 Å². The minimum Gasteiger partial charge on any atom is -0.306 e. The average molecular weight is 315 g/mol. The zero-order chi connectivity index (χ0) is 16.4. The van der Waals surface area contributed by atoms with Gasteiger partial charge in [0.1, 0.15) is 5.52 Å². The van der Waals surface area contributed by atoms with Crippen LogP contribution in [0.15, 0.2) is 67.1 Å². The van der Waals surface area contributed by atoms with E-state index < -0.39 is 0 Å². The zero-order valence-electron chi connectivity index (χ0n) is 12.6. The monoisotopic (exact) mass is 315 g/mol. The molecule has 2 heterocycles. The number of pyridine rings is 1. The lowest BCUT2D eigenvalue weighted by molar-refractivity contribution is 0.262. The van der Waals surface area contributed by atoms with Crippen molar-refractivity contribution in [3.63, 3.8) is 0 Å². The smallest absolute Gasteiger partial charge is 0.306 e. The number of anilines is 2. The van der Waals surface area contributed by atoms with Gasteiger partial charge in [0.25, 0.3) is 0 Å². The fourth-order valence-corrected chi connectivity index (χ4v) is 2.52. The first-order chi connectivity index (χ1) is 11.8. The van der Waals surface area contributed by atoms with Gasteiger partial charge in [-0.15, -0.1) is 0 Å². The van der Waals surface area contributed by atoms with E-state index in [0.29, 0.717) is 16.9 Å². The first kappa shape index (κ1) is 14.1. The highest BCUT2D eigenvalue weighted by Gasteiger charge is 2.08. The molecule has 2 amide bonds. The van der Waals surface area contributed by atoms with Gasteiger partial charge >= 0.3 is 6.03 Å². The van der Waals surface area contributed by atoms with Gasteiger partial charge in [-0.25, -0.2) is 4.79 Å². The molecule has 0 atom stereocenters. The SMILES string of the molecule is O=C(Nc1cnc2ccccc2c1)Nc1cccc2nccnc12. The van der Waals surface area contributed by atoms with Gasteiger partial charge in [0.2, 0.25) is 0 Å². The predicted molar refractivity (Wildman–Crippen MR) is 93.9 cm³/mol. The number of urea groups is 1. The van der Waals surface area contributed by atoms with Crippen molar-refractivity contribution < 1.29 is 4.79 Å². The van der Waals surface area contributed by atoms with Crippen LogP contribution < -0.4 is 10.6 Å². The number of aromatic nitrogens is 3. The number of benzene rings is 2. The molecule has 0 radical (unpaired) electrons. The molecule has 2 aromatic carbocycles. The highest BCUT2D eigenvalue weighted by Crippen LogP contribution is 2.20. The second-order valence-electron chi connectivity index (χ2n) is 5.23. The summed E-state index contributed by atoms with van der Waals surface area (Å²) in [4.78, 5) is 25.1. The minimum atomic E-state index is -0.356. The van der Waals surface area contributed by atoms with Crippen LogP contribution in [-0.2, 0) is 0 Å². The first-order valence-corrected chi connectivity index (χ1v) is 7.42. The van der Waals surface area contributed by atoms with Crippen molar-refractivity contribution in [3.8, 4) is 0 Å². The molecule has 2 aromatic heterocycles. The van der Waals surface area contributed by atoms with Crippen LogP contribution in [0.3, 0.4) is 0 Å². The predicted octanol–water partition coefficient (Wildman–Crippen LogP) is 3.82. The lowest BCUT2D eigenvalue weighted by Gasteiger charge is -2.09. The number of carbonyl (C=O) groups is 1. The van der Waals surface area contributed by atoms with Crippen LogP contribution in [0.5, 0.6) is 0 Å². The largest absolute Gasteiger partial charge is 0.323 e. The topological polar surface area (TPSA) is 79.8 Å². The van der Waals surface area contributed by atoms with E-state index >= 15 is 0 Å². The van der Waals surface area contributed by atoms with Gasteiger partial charge in [-0.1, -0.05) is 24.3 Å². The third kappa shape index (κ3) is 2.72. The van der Waals surface area contributed by atoms with E-state index in [9.17, 15) is 4.79 Å². The maximum absolute atomic E-state index is 12.3. The molecule has 0 unspecified atom stereocenters. The first-order valence-electron chi connectivity index (χ1n) is 7.42. The van der Waals surface area contributed by atoms with Crippen molar-refractivity contribution in [3.05, 3.63) is 67.1 Å². The standard InChI is InChI=1S/C18H13N5O/c24-18(22-13-10-12-4-1-2-5-14(12)21-11-13)23-16-7-3-6-15-17(16)20-9-8-19-15/h1-11H,(H2,22,23,24). The van der Waals surface area contributed by atoms with E-state index in [2.05, 4.69) is 25.6 Å². The summed E-state index contributed by atoms with van der Waals surface area (Å²) in [7, 11) is 0. The molecule has 4 aromatic rings. The van der Waals surface area contributed by atoms with Gasteiger partial charge in [0.05, 0.1) is 28.6 Å². The van der Waals surface area contributed by atoms with Crippen LogP contribution >= 0.6 is 0 Å². The third-order valence-electron chi connectivity index (χ3n) is 3.60. The third-order valence-corrected chi connectivity index (χ3v) is 3.60. The van der Waals surface area contributed by atoms with Gasteiger partial charge < -0.3 is 10.6 Å². The fraction of sp³-hybridized carbons (Fsp3) is 0. The number of hydrogen-bond donors (Lipinski definition) is 2. The van der Waals surface area contributed by atoms with E-state index in [4.69, 9.17) is 0 Å². The minimum absolute atomic E-state index is 0.356. The molecule has 0 aliphatic rings. The lowest BCUT2D eigenvalue weighted by Crippen LogP contribution is -2.19. The van der Waals surface area contributed by atoms with Crippen molar-refractivity contribution in [2.24, 2.45) is 0 Å². The number of nitrogens with one attached hydrogen (secondary N) is 2. The van der Waals surface area contributed by atoms with Gasteiger partial charge in [-0.2, -0.15) is 0 Å². The Hall–Kier alpha value is -3.54. The highest BCUT2D eigenvalue weighted by atomic mass is 16.2. The molecular formula is C18H13N5O. The number of para-hydroxylation sites is 2. The Morgan fingerprint density at radius 3 is 2.62 bits per heavy atom. The summed E-state index contributed by atoms with van der Waals surface area (Å²) in [5, 5.41) is 6.55. The van der Waals surface area contributed by atoms with Gasteiger partial charge in [0.15, 0.2) is 0 Å². The molecule has 2 N–H and O–H groups in total. The van der Waals surface area contributed by atoms with Crippen molar-refractivity contribution in [2.45, 2.75) is 0 Å². The molecule has 0 spiro atoms. The second kappa shape index (κ2) is 5.92. The molecular weight excluding hydrogens is 302 g/mol. The Bertz CT molecular complexity index is 1040. The summed E-state index contributed by atoms with van der Waals surface area (Å²) < 4.78 is 0. The summed E-state index contributed by atoms with van der Waals surface area (Å²) in [5.41, 5.74) is 3.48. The summed E-state index contributed by atoms with van der Waals surface area (Å²) in [6, 6.07) is 14.7.